The molecule has 0 aromatic heterocycles. The van der Waals surface area contributed by atoms with Crippen molar-refractivity contribution in [2.24, 2.45) is 0 Å². The first-order chi connectivity index (χ1) is 24.7. The van der Waals surface area contributed by atoms with Gasteiger partial charge >= 0.3 is 0 Å². The van der Waals surface area contributed by atoms with Gasteiger partial charge in [-0.3, -0.25) is 4.79 Å². The number of aliphatic hydroxyl groups is 2. The van der Waals surface area contributed by atoms with Crippen molar-refractivity contribution in [3.05, 3.63) is 60.8 Å². The van der Waals surface area contributed by atoms with Crippen LogP contribution in [0, 0.1) is 0 Å². The van der Waals surface area contributed by atoms with Gasteiger partial charge in [-0.05, 0) is 57.8 Å². The van der Waals surface area contributed by atoms with Gasteiger partial charge in [-0.25, -0.2) is 0 Å². The third kappa shape index (κ3) is 37.3. The van der Waals surface area contributed by atoms with Gasteiger partial charge in [-0.2, -0.15) is 0 Å². The Kier molecular flexibility index (Phi) is 39.9. The lowest BCUT2D eigenvalue weighted by Gasteiger charge is -2.20. The normalized spacial score (nSPS) is 13.6. The molecule has 290 valence electrons. The quantitative estimate of drug-likeness (QED) is 0.0444. The molecule has 0 bridgehead atoms. The van der Waals surface area contributed by atoms with Gasteiger partial charge in [0.1, 0.15) is 0 Å². The Balaban J connectivity index is 3.56. The van der Waals surface area contributed by atoms with Gasteiger partial charge in [-0.1, -0.05) is 203 Å². The zero-order valence-electron chi connectivity index (χ0n) is 33.2. The molecule has 0 fully saturated rings. The van der Waals surface area contributed by atoms with Gasteiger partial charge in [0.2, 0.25) is 5.91 Å². The summed E-state index contributed by atoms with van der Waals surface area (Å²) in [6, 6.07) is -0.624. The number of hydrogen-bond donors (Lipinski definition) is 3. The van der Waals surface area contributed by atoms with E-state index in [9.17, 15) is 15.0 Å². The third-order valence-corrected chi connectivity index (χ3v) is 9.51. The number of amides is 1. The monoisotopic (exact) mass is 698 g/mol. The maximum Gasteiger partial charge on any atom is 0.220 e. The van der Waals surface area contributed by atoms with Crippen LogP contribution in [-0.2, 0) is 4.79 Å². The molecule has 4 nitrogen and oxygen atoms in total. The third-order valence-electron chi connectivity index (χ3n) is 9.51. The zero-order valence-corrected chi connectivity index (χ0v) is 33.2. The summed E-state index contributed by atoms with van der Waals surface area (Å²) in [5.41, 5.74) is 0. The molecule has 0 aromatic carbocycles. The first-order valence-electron chi connectivity index (χ1n) is 21.5. The van der Waals surface area contributed by atoms with Crippen molar-refractivity contribution < 1.29 is 15.0 Å². The molecule has 4 heteroatoms. The maximum absolute atomic E-state index is 12.4. The van der Waals surface area contributed by atoms with Crippen LogP contribution in [0.15, 0.2) is 60.8 Å². The Hall–Kier alpha value is -1.91. The zero-order chi connectivity index (χ0) is 36.4. The number of carbonyl (C=O) groups excluding carboxylic acids is 1. The summed E-state index contributed by atoms with van der Waals surface area (Å²) in [5, 5.41) is 23.0. The van der Waals surface area contributed by atoms with E-state index in [2.05, 4.69) is 67.8 Å². The molecule has 0 rings (SSSR count). The fourth-order valence-electron chi connectivity index (χ4n) is 6.23. The summed E-state index contributed by atoms with van der Waals surface area (Å²) in [6.45, 7) is 4.19. The van der Waals surface area contributed by atoms with Crippen LogP contribution >= 0.6 is 0 Å². The van der Waals surface area contributed by atoms with Crippen LogP contribution in [0.4, 0.5) is 0 Å². The molecule has 0 aromatic rings. The first kappa shape index (κ1) is 48.1. The SMILES string of the molecule is CC/C=C\C/C=C\C/C=C\C/C=C\CCCCCCCCCCCCCCC(=O)NC(CO)C(O)/C=C/CCCCCCCCCCCCC. The molecule has 0 saturated carbocycles. The van der Waals surface area contributed by atoms with Crippen LogP contribution in [0.25, 0.3) is 0 Å². The van der Waals surface area contributed by atoms with Gasteiger partial charge < -0.3 is 15.5 Å². The molecule has 0 saturated heterocycles. The second-order valence-corrected chi connectivity index (χ2v) is 14.4. The van der Waals surface area contributed by atoms with Crippen molar-refractivity contribution in [3.8, 4) is 0 Å². The number of rotatable bonds is 38. The van der Waals surface area contributed by atoms with E-state index in [0.29, 0.717) is 6.42 Å². The molecule has 0 aliphatic rings. The van der Waals surface area contributed by atoms with Crippen LogP contribution < -0.4 is 5.32 Å². The van der Waals surface area contributed by atoms with Crippen molar-refractivity contribution in [2.75, 3.05) is 6.61 Å². The Morgan fingerprint density at radius 2 is 0.880 bits per heavy atom. The maximum atomic E-state index is 12.4. The molecule has 50 heavy (non-hydrogen) atoms. The fourth-order valence-corrected chi connectivity index (χ4v) is 6.23. The Morgan fingerprint density at radius 3 is 1.32 bits per heavy atom. The Bertz CT molecular complexity index is 842. The number of aliphatic hydroxyl groups excluding tert-OH is 2. The van der Waals surface area contributed by atoms with Gasteiger partial charge in [0.15, 0.2) is 0 Å². The summed E-state index contributed by atoms with van der Waals surface area (Å²) in [5.74, 6) is -0.0691. The minimum Gasteiger partial charge on any atom is -0.394 e. The lowest BCUT2D eigenvalue weighted by Crippen LogP contribution is -2.45. The van der Waals surface area contributed by atoms with Crippen LogP contribution in [0.3, 0.4) is 0 Å². The molecule has 1 amide bonds. The van der Waals surface area contributed by atoms with Crippen molar-refractivity contribution >= 4 is 5.91 Å². The van der Waals surface area contributed by atoms with Gasteiger partial charge in [-0.15, -0.1) is 0 Å². The lowest BCUT2D eigenvalue weighted by molar-refractivity contribution is -0.123. The van der Waals surface area contributed by atoms with Crippen molar-refractivity contribution in [1.82, 2.24) is 5.32 Å². The van der Waals surface area contributed by atoms with Gasteiger partial charge in [0, 0.05) is 6.42 Å². The van der Waals surface area contributed by atoms with Crippen LogP contribution in [0.1, 0.15) is 206 Å². The smallest absolute Gasteiger partial charge is 0.220 e. The summed E-state index contributed by atoms with van der Waals surface area (Å²) < 4.78 is 0. The lowest BCUT2D eigenvalue weighted by atomic mass is 10.0. The first-order valence-corrected chi connectivity index (χ1v) is 21.5. The van der Waals surface area contributed by atoms with Gasteiger partial charge in [0.25, 0.3) is 0 Å². The molecule has 0 spiro atoms. The minimum atomic E-state index is -0.840. The number of carbonyl (C=O) groups is 1. The predicted molar refractivity (Wildman–Crippen MR) is 221 cm³/mol. The summed E-state index contributed by atoms with van der Waals surface area (Å²) in [6.07, 6.45) is 57.5. The molecule has 2 unspecified atom stereocenters. The molecular formula is C46H83NO3. The average molecular weight is 698 g/mol. The molecule has 0 aliphatic carbocycles. The highest BCUT2D eigenvalue weighted by molar-refractivity contribution is 5.76. The topological polar surface area (TPSA) is 69.6 Å². The van der Waals surface area contributed by atoms with Gasteiger partial charge in [0.05, 0.1) is 18.8 Å². The van der Waals surface area contributed by atoms with E-state index in [4.69, 9.17) is 0 Å². The summed E-state index contributed by atoms with van der Waals surface area (Å²) >= 11 is 0. The Labute approximate surface area is 311 Å². The summed E-state index contributed by atoms with van der Waals surface area (Å²) in [7, 11) is 0. The average Bonchev–Trinajstić information content (AvgIpc) is 3.12. The molecule has 0 heterocycles. The standard InChI is InChI=1S/C46H83NO3/c1-3-5-7-9-11-13-15-17-18-19-20-21-22-23-24-25-26-27-28-30-32-34-36-38-40-42-46(50)47-44(43-48)45(49)41-39-37-35-33-31-29-16-14-12-10-8-6-4-2/h5,7,11,13,17-18,20-21,39,41,44-45,48-49H,3-4,6,8-10,12,14-16,19,22-38,40,42-43H2,1-2H3,(H,47,50)/b7-5-,13-11-,18-17-,21-20-,41-39+. The van der Waals surface area contributed by atoms with E-state index in [1.54, 1.807) is 6.08 Å². The Morgan fingerprint density at radius 1 is 0.500 bits per heavy atom. The number of unbranched alkanes of at least 4 members (excludes halogenated alkanes) is 23. The van der Waals surface area contributed by atoms with Crippen molar-refractivity contribution in [3.63, 3.8) is 0 Å². The highest BCUT2D eigenvalue weighted by Gasteiger charge is 2.17. The number of nitrogens with one attached hydrogen (secondary N) is 1. The van der Waals surface area contributed by atoms with E-state index >= 15 is 0 Å². The largest absolute Gasteiger partial charge is 0.394 e. The molecule has 0 radical (unpaired) electrons. The van der Waals surface area contributed by atoms with E-state index in [-0.39, 0.29) is 12.5 Å². The molecular weight excluding hydrogens is 615 g/mol. The fraction of sp³-hybridized carbons (Fsp3) is 0.761. The molecule has 3 N–H and O–H groups in total. The van der Waals surface area contributed by atoms with Crippen LogP contribution in [0.5, 0.6) is 0 Å². The molecule has 0 aliphatic heterocycles. The molecule has 2 atom stereocenters. The van der Waals surface area contributed by atoms with Crippen LogP contribution in [-0.4, -0.2) is 34.9 Å². The van der Waals surface area contributed by atoms with Crippen molar-refractivity contribution in [1.29, 1.82) is 0 Å². The number of allylic oxidation sites excluding steroid dienone is 9. The van der Waals surface area contributed by atoms with E-state index in [0.717, 1.165) is 51.4 Å². The second-order valence-electron chi connectivity index (χ2n) is 14.4. The van der Waals surface area contributed by atoms with E-state index in [1.165, 1.54) is 135 Å². The van der Waals surface area contributed by atoms with E-state index in [1.807, 2.05) is 6.08 Å². The second kappa shape index (κ2) is 41.5. The summed E-state index contributed by atoms with van der Waals surface area (Å²) in [4.78, 5) is 12.4. The predicted octanol–water partition coefficient (Wildman–Crippen LogP) is 13.3. The highest BCUT2D eigenvalue weighted by atomic mass is 16.3. The van der Waals surface area contributed by atoms with Crippen LogP contribution in [0.2, 0.25) is 0 Å². The highest BCUT2D eigenvalue weighted by Crippen LogP contribution is 2.14. The number of hydrogen-bond acceptors (Lipinski definition) is 3. The van der Waals surface area contributed by atoms with Crippen molar-refractivity contribution in [2.45, 2.75) is 219 Å². The van der Waals surface area contributed by atoms with E-state index < -0.39 is 12.1 Å². The minimum absolute atomic E-state index is 0.0691.